The van der Waals surface area contributed by atoms with Crippen LogP contribution in [-0.4, -0.2) is 33.6 Å². The van der Waals surface area contributed by atoms with Gasteiger partial charge < -0.3 is 10.4 Å². The van der Waals surface area contributed by atoms with Crippen LogP contribution in [0.2, 0.25) is 0 Å². The predicted octanol–water partition coefficient (Wildman–Crippen LogP) is 4.22. The maximum Gasteiger partial charge on any atom is 0.294 e. The lowest BCUT2D eigenvalue weighted by Crippen LogP contribution is -2.36. The van der Waals surface area contributed by atoms with Crippen molar-refractivity contribution in [1.29, 1.82) is 0 Å². The molecule has 1 fully saturated rings. The van der Waals surface area contributed by atoms with Gasteiger partial charge in [-0.1, -0.05) is 54.6 Å². The van der Waals surface area contributed by atoms with Crippen molar-refractivity contribution in [2.45, 2.75) is 0 Å². The molecular weight excluding hydrogens is 388 g/mol. The molecule has 0 saturated carbocycles. The van der Waals surface area contributed by atoms with Crippen LogP contribution in [0, 0.1) is 0 Å². The van der Waals surface area contributed by atoms with Crippen molar-refractivity contribution in [3.63, 3.8) is 0 Å². The Balaban J connectivity index is 1.51. The Labute approximate surface area is 170 Å². The molecule has 7 heteroatoms. The number of fused-ring (bicyclic) bond motifs is 1. The molecule has 6 nitrogen and oxygen atoms in total. The van der Waals surface area contributed by atoms with Gasteiger partial charge in [-0.15, -0.1) is 0 Å². The molecule has 1 aliphatic heterocycles. The second-order valence-corrected chi connectivity index (χ2v) is 7.40. The Morgan fingerprint density at radius 1 is 0.966 bits per heavy atom. The fourth-order valence-corrected chi connectivity index (χ4v) is 3.91. The van der Waals surface area contributed by atoms with Gasteiger partial charge in [0.2, 0.25) is 5.91 Å². The van der Waals surface area contributed by atoms with Crippen LogP contribution in [0.1, 0.15) is 5.56 Å². The molecule has 29 heavy (non-hydrogen) atoms. The number of hydrogen-bond donors (Lipinski definition) is 2. The van der Waals surface area contributed by atoms with E-state index in [1.807, 2.05) is 30.3 Å². The molecule has 1 heterocycles. The number of phenolic OH excluding ortho intramolecular Hbond substituents is 1. The highest BCUT2D eigenvalue weighted by Crippen LogP contribution is 2.33. The molecule has 0 unspecified atom stereocenters. The highest BCUT2D eigenvalue weighted by atomic mass is 32.2. The van der Waals surface area contributed by atoms with Crippen LogP contribution in [0.15, 0.2) is 71.6 Å². The lowest BCUT2D eigenvalue weighted by Gasteiger charge is -2.14. The van der Waals surface area contributed by atoms with E-state index in [9.17, 15) is 19.5 Å². The number of anilines is 1. The minimum absolute atomic E-state index is 0.107. The van der Waals surface area contributed by atoms with Gasteiger partial charge in [0.25, 0.3) is 11.1 Å². The molecule has 0 aromatic heterocycles. The number of imide groups is 1. The first kappa shape index (κ1) is 18.8. The van der Waals surface area contributed by atoms with Crippen molar-refractivity contribution in [2.75, 3.05) is 11.9 Å². The average molecular weight is 404 g/mol. The largest absolute Gasteiger partial charge is 0.507 e. The topological polar surface area (TPSA) is 86.7 Å². The number of carbonyl (C=O) groups excluding carboxylic acids is 3. The van der Waals surface area contributed by atoms with Crippen LogP contribution in [0.3, 0.4) is 0 Å². The third kappa shape index (κ3) is 3.86. The summed E-state index contributed by atoms with van der Waals surface area (Å²) in [5.41, 5.74) is 1.30. The molecule has 0 aliphatic carbocycles. The van der Waals surface area contributed by atoms with Gasteiger partial charge in [0.1, 0.15) is 12.3 Å². The fraction of sp³-hybridized carbons (Fsp3) is 0.0455. The molecule has 144 valence electrons. The molecule has 3 amide bonds. The minimum Gasteiger partial charge on any atom is -0.507 e. The third-order valence-electron chi connectivity index (χ3n) is 4.45. The van der Waals surface area contributed by atoms with Crippen LogP contribution < -0.4 is 5.32 Å². The number of hydrogen-bond acceptors (Lipinski definition) is 5. The van der Waals surface area contributed by atoms with E-state index in [0.29, 0.717) is 16.5 Å². The fourth-order valence-electron chi connectivity index (χ4n) is 3.07. The van der Waals surface area contributed by atoms with Crippen molar-refractivity contribution in [3.05, 3.63) is 77.2 Å². The maximum atomic E-state index is 12.6. The number of benzene rings is 3. The molecule has 0 spiro atoms. The smallest absolute Gasteiger partial charge is 0.294 e. The summed E-state index contributed by atoms with van der Waals surface area (Å²) in [6, 6.07) is 19.4. The number of rotatable bonds is 4. The van der Waals surface area contributed by atoms with Crippen molar-refractivity contribution >= 4 is 51.4 Å². The number of nitrogens with one attached hydrogen (secondary N) is 1. The van der Waals surface area contributed by atoms with E-state index < -0.39 is 17.1 Å². The van der Waals surface area contributed by atoms with Crippen LogP contribution in [-0.2, 0) is 9.59 Å². The summed E-state index contributed by atoms with van der Waals surface area (Å²) in [6.07, 6.45) is 1.64. The quantitative estimate of drug-likeness (QED) is 0.636. The summed E-state index contributed by atoms with van der Waals surface area (Å²) in [6.45, 7) is -0.383. The highest BCUT2D eigenvalue weighted by molar-refractivity contribution is 8.18. The second-order valence-electron chi connectivity index (χ2n) is 6.40. The Bertz CT molecular complexity index is 1160. The van der Waals surface area contributed by atoms with E-state index in [-0.39, 0.29) is 17.2 Å². The van der Waals surface area contributed by atoms with Gasteiger partial charge in [-0.3, -0.25) is 19.3 Å². The Morgan fingerprint density at radius 3 is 2.48 bits per heavy atom. The lowest BCUT2D eigenvalue weighted by atomic mass is 10.1. The molecule has 4 rings (SSSR count). The first-order valence-electron chi connectivity index (χ1n) is 8.84. The zero-order chi connectivity index (χ0) is 20.4. The molecule has 3 aromatic rings. The first-order valence-corrected chi connectivity index (χ1v) is 9.65. The van der Waals surface area contributed by atoms with E-state index >= 15 is 0 Å². The standard InChI is InChI=1S/C22H16N2O4S/c25-18-11-5-8-15-16(18)9-4-10-17(15)23-20(26)13-24-21(27)19(29-22(24)28)12-14-6-2-1-3-7-14/h1-12,25H,13H2,(H,23,26)/b19-12+. The van der Waals surface area contributed by atoms with Crippen LogP contribution >= 0.6 is 11.8 Å². The number of phenols is 1. The minimum atomic E-state index is -0.496. The number of carbonyl (C=O) groups is 3. The molecule has 1 saturated heterocycles. The number of thioether (sulfide) groups is 1. The Morgan fingerprint density at radius 2 is 1.69 bits per heavy atom. The van der Waals surface area contributed by atoms with Crippen molar-refractivity contribution in [1.82, 2.24) is 4.90 Å². The normalized spacial score (nSPS) is 15.3. The molecule has 0 radical (unpaired) electrons. The number of nitrogens with zero attached hydrogens (tertiary/aromatic N) is 1. The van der Waals surface area contributed by atoms with Crippen molar-refractivity contribution in [2.24, 2.45) is 0 Å². The van der Waals surface area contributed by atoms with Crippen LogP contribution in [0.4, 0.5) is 10.5 Å². The van der Waals surface area contributed by atoms with E-state index in [0.717, 1.165) is 22.2 Å². The van der Waals surface area contributed by atoms with E-state index in [4.69, 9.17) is 0 Å². The van der Waals surface area contributed by atoms with Gasteiger partial charge in [-0.2, -0.15) is 0 Å². The maximum absolute atomic E-state index is 12.6. The van der Waals surface area contributed by atoms with E-state index in [1.165, 1.54) is 0 Å². The summed E-state index contributed by atoms with van der Waals surface area (Å²) < 4.78 is 0. The van der Waals surface area contributed by atoms with Gasteiger partial charge in [0.05, 0.1) is 4.91 Å². The zero-order valence-corrected chi connectivity index (χ0v) is 16.0. The van der Waals surface area contributed by atoms with Gasteiger partial charge >= 0.3 is 0 Å². The zero-order valence-electron chi connectivity index (χ0n) is 15.2. The third-order valence-corrected chi connectivity index (χ3v) is 5.35. The predicted molar refractivity (Wildman–Crippen MR) is 113 cm³/mol. The summed E-state index contributed by atoms with van der Waals surface area (Å²) in [5, 5.41) is 13.5. The molecule has 0 bridgehead atoms. The molecular formula is C22H16N2O4S. The molecule has 0 atom stereocenters. The SMILES string of the molecule is O=C(CN1C(=O)S/C(=C/c2ccccc2)C1=O)Nc1cccc2c(O)cccc12. The van der Waals surface area contributed by atoms with Gasteiger partial charge in [-0.25, -0.2) is 0 Å². The van der Waals surface area contributed by atoms with Crippen LogP contribution in [0.25, 0.3) is 16.8 Å². The van der Waals surface area contributed by atoms with E-state index in [2.05, 4.69) is 5.32 Å². The molecule has 1 aliphatic rings. The van der Waals surface area contributed by atoms with Crippen LogP contribution in [0.5, 0.6) is 5.75 Å². The highest BCUT2D eigenvalue weighted by Gasteiger charge is 2.36. The second kappa shape index (κ2) is 7.81. The lowest BCUT2D eigenvalue weighted by molar-refractivity contribution is -0.127. The average Bonchev–Trinajstić information content (AvgIpc) is 2.97. The Kier molecular flexibility index (Phi) is 5.05. The van der Waals surface area contributed by atoms with Crippen molar-refractivity contribution in [3.8, 4) is 5.75 Å². The molecule has 2 N–H and O–H groups in total. The Hall–Kier alpha value is -3.58. The summed E-state index contributed by atoms with van der Waals surface area (Å²) in [4.78, 5) is 38.5. The number of amides is 3. The van der Waals surface area contributed by atoms with Gasteiger partial charge in [0.15, 0.2) is 0 Å². The van der Waals surface area contributed by atoms with Gasteiger partial charge in [0, 0.05) is 16.5 Å². The summed E-state index contributed by atoms with van der Waals surface area (Å²) in [7, 11) is 0. The number of aromatic hydroxyl groups is 1. The van der Waals surface area contributed by atoms with E-state index in [1.54, 1.807) is 42.5 Å². The monoisotopic (exact) mass is 404 g/mol. The molecule has 3 aromatic carbocycles. The first-order chi connectivity index (χ1) is 14.0. The van der Waals surface area contributed by atoms with Gasteiger partial charge in [-0.05, 0) is 35.5 Å². The summed E-state index contributed by atoms with van der Waals surface area (Å²) >= 11 is 0.815. The van der Waals surface area contributed by atoms with Crippen molar-refractivity contribution < 1.29 is 19.5 Å². The summed E-state index contributed by atoms with van der Waals surface area (Å²) in [5.74, 6) is -0.880.